The van der Waals surface area contributed by atoms with Gasteiger partial charge in [0.25, 0.3) is 0 Å². The fourth-order valence-electron chi connectivity index (χ4n) is 1.84. The molecule has 0 heterocycles. The lowest BCUT2D eigenvalue weighted by Crippen LogP contribution is -2.33. The van der Waals surface area contributed by atoms with Gasteiger partial charge in [-0.1, -0.05) is 64.5 Å². The van der Waals surface area contributed by atoms with E-state index in [4.69, 9.17) is 5.73 Å². The van der Waals surface area contributed by atoms with Crippen LogP contribution in [0.1, 0.15) is 17.2 Å². The molecule has 0 aromatic heterocycles. The second-order valence-corrected chi connectivity index (χ2v) is 4.73. The molecule has 0 aliphatic carbocycles. The zero-order chi connectivity index (χ0) is 13.0. The Labute approximate surface area is 114 Å². The largest absolute Gasteiger partial charge is 0.352 e. The van der Waals surface area contributed by atoms with Crippen LogP contribution in [0.25, 0.3) is 0 Å². The molecule has 0 spiro atoms. The molecule has 3 N–H and O–H groups in total. The van der Waals surface area contributed by atoms with Crippen LogP contribution in [-0.2, 0) is 0 Å². The van der Waals surface area contributed by atoms with Gasteiger partial charge in [0.2, 0.25) is 0 Å². The minimum Gasteiger partial charge on any atom is -0.352 e. The van der Waals surface area contributed by atoms with E-state index >= 15 is 0 Å². The lowest BCUT2D eigenvalue weighted by atomic mass is 9.99. The predicted octanol–water partition coefficient (Wildman–Crippen LogP) is 3.21. The van der Waals surface area contributed by atoms with Crippen LogP contribution < -0.4 is 11.1 Å². The fourth-order valence-corrected chi connectivity index (χ4v) is 2.35. The highest BCUT2D eigenvalue weighted by atomic mass is 79.9. The average molecular weight is 305 g/mol. The molecule has 2 aromatic rings. The Morgan fingerprint density at radius 3 is 2.28 bits per heavy atom. The third-order valence-corrected chi connectivity index (χ3v) is 3.36. The van der Waals surface area contributed by atoms with Crippen molar-refractivity contribution < 1.29 is 4.79 Å². The Balaban J connectivity index is 2.44. The van der Waals surface area contributed by atoms with Crippen LogP contribution in [0.5, 0.6) is 0 Å². The number of hydrogen-bond donors (Lipinski definition) is 2. The Kier molecular flexibility index (Phi) is 3.99. The number of halogens is 1. The zero-order valence-electron chi connectivity index (χ0n) is 9.64. The number of urea groups is 1. The molecule has 1 atom stereocenters. The van der Waals surface area contributed by atoms with E-state index in [1.165, 1.54) is 0 Å². The highest BCUT2D eigenvalue weighted by Gasteiger charge is 2.17. The van der Waals surface area contributed by atoms with Crippen molar-refractivity contribution in [2.45, 2.75) is 6.04 Å². The minimum atomic E-state index is -0.542. The highest BCUT2D eigenvalue weighted by Crippen LogP contribution is 2.28. The SMILES string of the molecule is NC(=O)N[C@@H](c1ccccc1)c1ccccc1Br. The highest BCUT2D eigenvalue weighted by molar-refractivity contribution is 9.10. The lowest BCUT2D eigenvalue weighted by molar-refractivity contribution is 0.247. The van der Waals surface area contributed by atoms with Crippen molar-refractivity contribution in [3.63, 3.8) is 0 Å². The summed E-state index contributed by atoms with van der Waals surface area (Å²) in [6.07, 6.45) is 0. The van der Waals surface area contributed by atoms with E-state index < -0.39 is 6.03 Å². The summed E-state index contributed by atoms with van der Waals surface area (Å²) < 4.78 is 0.938. The number of rotatable bonds is 3. The topological polar surface area (TPSA) is 55.1 Å². The number of amides is 2. The van der Waals surface area contributed by atoms with Crippen LogP contribution in [0.4, 0.5) is 4.79 Å². The molecule has 0 aliphatic rings. The summed E-state index contributed by atoms with van der Waals surface area (Å²) in [5, 5.41) is 2.76. The molecule has 2 amide bonds. The molecule has 18 heavy (non-hydrogen) atoms. The Morgan fingerprint density at radius 2 is 1.67 bits per heavy atom. The van der Waals surface area contributed by atoms with E-state index in [-0.39, 0.29) is 6.04 Å². The van der Waals surface area contributed by atoms with Crippen LogP contribution in [0.3, 0.4) is 0 Å². The van der Waals surface area contributed by atoms with Crippen molar-refractivity contribution in [1.29, 1.82) is 0 Å². The Hall–Kier alpha value is -1.81. The summed E-state index contributed by atoms with van der Waals surface area (Å²) in [5.74, 6) is 0. The molecule has 0 unspecified atom stereocenters. The number of benzene rings is 2. The zero-order valence-corrected chi connectivity index (χ0v) is 11.2. The first kappa shape index (κ1) is 12.6. The van der Waals surface area contributed by atoms with Crippen molar-refractivity contribution >= 4 is 22.0 Å². The van der Waals surface area contributed by atoms with Gasteiger partial charge in [-0.2, -0.15) is 0 Å². The van der Waals surface area contributed by atoms with E-state index in [2.05, 4.69) is 21.2 Å². The van der Waals surface area contributed by atoms with Gasteiger partial charge < -0.3 is 11.1 Å². The third kappa shape index (κ3) is 2.90. The molecule has 92 valence electrons. The molecular weight excluding hydrogens is 292 g/mol. The molecule has 0 fully saturated rings. The third-order valence-electron chi connectivity index (χ3n) is 2.64. The molecular formula is C14H13BrN2O. The first-order valence-electron chi connectivity index (χ1n) is 5.54. The van der Waals surface area contributed by atoms with E-state index in [9.17, 15) is 4.79 Å². The van der Waals surface area contributed by atoms with Gasteiger partial charge in [0.15, 0.2) is 0 Å². The molecule has 2 aromatic carbocycles. The van der Waals surface area contributed by atoms with Crippen molar-refractivity contribution in [2.75, 3.05) is 0 Å². The maximum atomic E-state index is 11.2. The normalized spacial score (nSPS) is 11.8. The summed E-state index contributed by atoms with van der Waals surface area (Å²) in [5.41, 5.74) is 7.22. The first-order valence-corrected chi connectivity index (χ1v) is 6.33. The van der Waals surface area contributed by atoms with Crippen molar-refractivity contribution in [1.82, 2.24) is 5.32 Å². The lowest BCUT2D eigenvalue weighted by Gasteiger charge is -2.19. The van der Waals surface area contributed by atoms with Crippen molar-refractivity contribution in [2.24, 2.45) is 5.73 Å². The van der Waals surface area contributed by atoms with Gasteiger partial charge in [-0.15, -0.1) is 0 Å². The molecule has 2 rings (SSSR count). The number of nitrogens with one attached hydrogen (secondary N) is 1. The molecule has 0 saturated carbocycles. The predicted molar refractivity (Wildman–Crippen MR) is 75.1 cm³/mol. The number of hydrogen-bond acceptors (Lipinski definition) is 1. The quantitative estimate of drug-likeness (QED) is 0.899. The van der Waals surface area contributed by atoms with Crippen LogP contribution in [0.15, 0.2) is 59.1 Å². The van der Waals surface area contributed by atoms with Gasteiger partial charge in [-0.25, -0.2) is 4.79 Å². The van der Waals surface area contributed by atoms with Crippen molar-refractivity contribution in [3.05, 3.63) is 70.2 Å². The summed E-state index contributed by atoms with van der Waals surface area (Å²) >= 11 is 3.49. The van der Waals surface area contributed by atoms with Gasteiger partial charge >= 0.3 is 6.03 Å². The molecule has 3 nitrogen and oxygen atoms in total. The van der Waals surface area contributed by atoms with E-state index in [0.29, 0.717) is 0 Å². The van der Waals surface area contributed by atoms with Crippen LogP contribution in [0, 0.1) is 0 Å². The van der Waals surface area contributed by atoms with E-state index in [0.717, 1.165) is 15.6 Å². The monoisotopic (exact) mass is 304 g/mol. The van der Waals surface area contributed by atoms with Crippen LogP contribution in [0.2, 0.25) is 0 Å². The van der Waals surface area contributed by atoms with Gasteiger partial charge in [0.1, 0.15) is 0 Å². The first-order chi connectivity index (χ1) is 8.68. The molecule has 4 heteroatoms. The number of carbonyl (C=O) groups is 1. The van der Waals surface area contributed by atoms with Crippen LogP contribution in [-0.4, -0.2) is 6.03 Å². The van der Waals surface area contributed by atoms with E-state index in [1.54, 1.807) is 0 Å². The van der Waals surface area contributed by atoms with Gasteiger partial charge in [-0.3, -0.25) is 0 Å². The molecule has 0 radical (unpaired) electrons. The Morgan fingerprint density at radius 1 is 1.06 bits per heavy atom. The maximum Gasteiger partial charge on any atom is 0.312 e. The maximum absolute atomic E-state index is 11.2. The fraction of sp³-hybridized carbons (Fsp3) is 0.0714. The number of nitrogens with two attached hydrogens (primary N) is 1. The second kappa shape index (κ2) is 5.69. The van der Waals surface area contributed by atoms with Crippen LogP contribution >= 0.6 is 15.9 Å². The summed E-state index contributed by atoms with van der Waals surface area (Å²) in [7, 11) is 0. The minimum absolute atomic E-state index is 0.251. The number of carbonyl (C=O) groups excluding carboxylic acids is 1. The smallest absolute Gasteiger partial charge is 0.312 e. The number of primary amides is 1. The summed E-state index contributed by atoms with van der Waals surface area (Å²) in [6.45, 7) is 0. The van der Waals surface area contributed by atoms with Gasteiger partial charge in [0.05, 0.1) is 6.04 Å². The molecule has 0 aliphatic heterocycles. The summed E-state index contributed by atoms with van der Waals surface area (Å²) in [6, 6.07) is 16.7. The van der Waals surface area contributed by atoms with E-state index in [1.807, 2.05) is 54.6 Å². The standard InChI is InChI=1S/C14H13BrN2O/c15-12-9-5-4-8-11(12)13(17-14(16)18)10-6-2-1-3-7-10/h1-9,13H,(H3,16,17,18)/t13-/m0/s1. The second-order valence-electron chi connectivity index (χ2n) is 3.87. The molecule has 0 saturated heterocycles. The molecule has 0 bridgehead atoms. The van der Waals surface area contributed by atoms with Gasteiger partial charge in [-0.05, 0) is 17.2 Å². The average Bonchev–Trinajstić information content (AvgIpc) is 2.38. The van der Waals surface area contributed by atoms with Crippen molar-refractivity contribution in [3.8, 4) is 0 Å². The summed E-state index contributed by atoms with van der Waals surface area (Å²) in [4.78, 5) is 11.2. The Bertz CT molecular complexity index is 543. The van der Waals surface area contributed by atoms with Gasteiger partial charge in [0, 0.05) is 4.47 Å².